The van der Waals surface area contributed by atoms with Gasteiger partial charge in [-0.05, 0) is 0 Å². The molecule has 0 spiro atoms. The van der Waals surface area contributed by atoms with Crippen LogP contribution in [0.15, 0.2) is 0 Å². The van der Waals surface area contributed by atoms with Crippen LogP contribution in [0, 0.1) is 0 Å². The molecule has 0 aliphatic heterocycles. The fourth-order valence-corrected chi connectivity index (χ4v) is 5.11. The van der Waals surface area contributed by atoms with Crippen molar-refractivity contribution in [1.82, 2.24) is 4.33 Å². The topological polar surface area (TPSA) is 55.4 Å². The minimum atomic E-state index is -0.337. The Balaban J connectivity index is 3.45. The number of thioether (sulfide) groups is 1. The summed E-state index contributed by atoms with van der Waals surface area (Å²) in [7, 11) is 0. The van der Waals surface area contributed by atoms with E-state index in [2.05, 4.69) is 11.3 Å². The molecule has 0 aromatic carbocycles. The molecule has 1 N–H and O–H groups in total. The van der Waals surface area contributed by atoms with Crippen molar-refractivity contribution in [3.05, 3.63) is 0 Å². The Morgan fingerprint density at radius 2 is 1.26 bits per heavy atom. The van der Waals surface area contributed by atoms with Gasteiger partial charge in [0.2, 0.25) is 0 Å². The van der Waals surface area contributed by atoms with Gasteiger partial charge in [0.05, 0.1) is 0 Å². The third-order valence-electron chi connectivity index (χ3n) is 5.48. The summed E-state index contributed by atoms with van der Waals surface area (Å²) in [5, 5.41) is 0. The molecular formula is C25H49NO3SSe. The van der Waals surface area contributed by atoms with Gasteiger partial charge < -0.3 is 0 Å². The molecule has 31 heavy (non-hydrogen) atoms. The zero-order valence-corrected chi connectivity index (χ0v) is 23.1. The van der Waals surface area contributed by atoms with Crippen molar-refractivity contribution in [3.8, 4) is 0 Å². The van der Waals surface area contributed by atoms with E-state index in [-0.39, 0.29) is 31.9 Å². The normalized spacial score (nSPS) is 12.1. The van der Waals surface area contributed by atoms with E-state index < -0.39 is 0 Å². The predicted octanol–water partition coefficient (Wildman–Crippen LogP) is 6.67. The van der Waals surface area contributed by atoms with E-state index in [1.54, 1.807) is 18.7 Å². The molecule has 0 radical (unpaired) electrons. The van der Waals surface area contributed by atoms with Crippen LogP contribution < -0.4 is 4.33 Å². The molecule has 0 aliphatic carbocycles. The average molecular weight is 523 g/mol. The van der Waals surface area contributed by atoms with Crippen molar-refractivity contribution in [2.45, 2.75) is 129 Å². The SMILES string of the molecule is CCCCCCCCCCCCCCCCCCOC(=O)[C@H](CCSC)N[Se]C(C)=O. The van der Waals surface area contributed by atoms with E-state index in [0.29, 0.717) is 13.0 Å². The van der Waals surface area contributed by atoms with Crippen molar-refractivity contribution in [2.75, 3.05) is 18.6 Å². The van der Waals surface area contributed by atoms with Crippen LogP contribution in [-0.2, 0) is 14.3 Å². The van der Waals surface area contributed by atoms with Crippen LogP contribution in [0.1, 0.15) is 123 Å². The molecule has 0 amide bonds. The Morgan fingerprint density at radius 1 is 0.806 bits per heavy atom. The Hall–Kier alpha value is -0.0305. The van der Waals surface area contributed by atoms with Gasteiger partial charge in [0.25, 0.3) is 0 Å². The van der Waals surface area contributed by atoms with E-state index in [9.17, 15) is 9.59 Å². The molecule has 6 heteroatoms. The third-order valence-corrected chi connectivity index (χ3v) is 7.57. The van der Waals surface area contributed by atoms with Crippen molar-refractivity contribution in [3.63, 3.8) is 0 Å². The van der Waals surface area contributed by atoms with Crippen LogP contribution in [-0.4, -0.2) is 50.5 Å². The number of ether oxygens (including phenoxy) is 1. The second-order valence-corrected chi connectivity index (χ2v) is 11.6. The molecular weight excluding hydrogens is 473 g/mol. The summed E-state index contributed by atoms with van der Waals surface area (Å²) in [5.74, 6) is 0.693. The molecule has 184 valence electrons. The number of hydrogen-bond donors (Lipinski definition) is 1. The van der Waals surface area contributed by atoms with Crippen molar-refractivity contribution in [2.24, 2.45) is 0 Å². The zero-order chi connectivity index (χ0) is 23.0. The number of nitrogens with one attached hydrogen (secondary N) is 1. The molecule has 0 aliphatic rings. The van der Waals surface area contributed by atoms with Gasteiger partial charge in [-0.15, -0.1) is 0 Å². The molecule has 0 aromatic heterocycles. The summed E-state index contributed by atoms with van der Waals surface area (Å²) in [6, 6.07) is -0.336. The Morgan fingerprint density at radius 3 is 1.68 bits per heavy atom. The standard InChI is InChI=1S/C25H49NO3SSe/c1-4-5-6-7-8-9-10-11-12-13-14-15-16-17-18-19-21-29-25(28)24(20-22-30-3)26-31-23(2)27/h24,26H,4-22H2,1-3H3/t24-/m0/s1. The van der Waals surface area contributed by atoms with Crippen LogP contribution in [0.4, 0.5) is 0 Å². The molecule has 0 bridgehead atoms. The number of esters is 1. The van der Waals surface area contributed by atoms with Crippen LogP contribution in [0.25, 0.3) is 0 Å². The third kappa shape index (κ3) is 22.9. The number of rotatable bonds is 24. The molecule has 4 nitrogen and oxygen atoms in total. The van der Waals surface area contributed by atoms with Crippen molar-refractivity contribution in [1.29, 1.82) is 0 Å². The zero-order valence-electron chi connectivity index (χ0n) is 20.6. The minimum absolute atomic E-state index is 0.104. The first-order chi connectivity index (χ1) is 15.1. The van der Waals surface area contributed by atoms with Gasteiger partial charge in [0.1, 0.15) is 0 Å². The average Bonchev–Trinajstić information content (AvgIpc) is 2.75. The first-order valence-electron chi connectivity index (χ1n) is 12.7. The summed E-state index contributed by atoms with van der Waals surface area (Å²) in [6.45, 7) is 4.34. The van der Waals surface area contributed by atoms with Crippen molar-refractivity contribution < 1.29 is 14.3 Å². The molecule has 0 saturated heterocycles. The summed E-state index contributed by atoms with van der Waals surface area (Å²) < 4.78 is 8.63. The molecule has 0 unspecified atom stereocenters. The maximum absolute atomic E-state index is 12.2. The number of unbranched alkanes of at least 4 members (excludes halogenated alkanes) is 15. The number of hydrogen-bond acceptors (Lipinski definition) is 5. The monoisotopic (exact) mass is 523 g/mol. The van der Waals surface area contributed by atoms with Gasteiger partial charge in [-0.2, -0.15) is 0 Å². The Kier molecular flexibility index (Phi) is 24.6. The second-order valence-electron chi connectivity index (χ2n) is 8.52. The van der Waals surface area contributed by atoms with E-state index >= 15 is 0 Å². The predicted molar refractivity (Wildman–Crippen MR) is 137 cm³/mol. The second kappa shape index (κ2) is 24.6. The van der Waals surface area contributed by atoms with Gasteiger partial charge in [-0.3, -0.25) is 0 Å². The van der Waals surface area contributed by atoms with Gasteiger partial charge in [0.15, 0.2) is 0 Å². The van der Waals surface area contributed by atoms with Crippen LogP contribution in [0.5, 0.6) is 0 Å². The Bertz CT molecular complexity index is 424. The molecule has 0 saturated carbocycles. The van der Waals surface area contributed by atoms with Gasteiger partial charge in [-0.25, -0.2) is 0 Å². The fourth-order valence-electron chi connectivity index (χ4n) is 3.54. The Labute approximate surface area is 203 Å². The molecule has 0 heterocycles. The van der Waals surface area contributed by atoms with E-state index in [1.807, 2.05) is 6.26 Å². The van der Waals surface area contributed by atoms with E-state index in [4.69, 9.17) is 4.74 Å². The molecule has 1 atom stereocenters. The summed E-state index contributed by atoms with van der Waals surface area (Å²) in [6.07, 6.45) is 24.2. The first kappa shape index (κ1) is 31.0. The van der Waals surface area contributed by atoms with Crippen molar-refractivity contribution >= 4 is 37.6 Å². The number of carbonyl (C=O) groups excluding carboxylic acids is 2. The van der Waals surface area contributed by atoms with Gasteiger partial charge in [0, 0.05) is 0 Å². The first-order valence-corrected chi connectivity index (χ1v) is 15.8. The van der Waals surface area contributed by atoms with Crippen LogP contribution >= 0.6 is 11.8 Å². The van der Waals surface area contributed by atoms with E-state index in [1.165, 1.54) is 89.9 Å². The maximum atomic E-state index is 12.2. The fraction of sp³-hybridized carbons (Fsp3) is 0.920. The summed E-state index contributed by atoms with van der Waals surface area (Å²) in [5.41, 5.74) is 0. The number of carbonyl (C=O) groups is 2. The van der Waals surface area contributed by atoms with Gasteiger partial charge in [-0.1, -0.05) is 64.7 Å². The molecule has 0 fully saturated rings. The van der Waals surface area contributed by atoms with Gasteiger partial charge >= 0.3 is 139 Å². The molecule has 0 rings (SSSR count). The van der Waals surface area contributed by atoms with E-state index in [0.717, 1.165) is 18.6 Å². The summed E-state index contributed by atoms with van der Waals surface area (Å²) in [4.78, 5) is 23.4. The quantitative estimate of drug-likeness (QED) is 0.0872. The van der Waals surface area contributed by atoms with Crippen LogP contribution in [0.2, 0.25) is 0 Å². The molecule has 0 aromatic rings. The summed E-state index contributed by atoms with van der Waals surface area (Å²) >= 11 is 1.37. The van der Waals surface area contributed by atoms with Crippen LogP contribution in [0.3, 0.4) is 0 Å².